The molecule has 1 N–H and O–H groups in total. The number of rotatable bonds is 6. The van der Waals surface area contributed by atoms with Crippen LogP contribution in [0, 0.1) is 5.92 Å². The van der Waals surface area contributed by atoms with Crippen LogP contribution in [0.1, 0.15) is 42.9 Å². The van der Waals surface area contributed by atoms with Gasteiger partial charge in [0.25, 0.3) is 0 Å². The van der Waals surface area contributed by atoms with E-state index in [-0.39, 0.29) is 0 Å². The molecule has 1 aliphatic rings. The van der Waals surface area contributed by atoms with Crippen LogP contribution in [0.3, 0.4) is 0 Å². The highest BCUT2D eigenvalue weighted by Crippen LogP contribution is 2.53. The van der Waals surface area contributed by atoms with E-state index in [0.29, 0.717) is 6.04 Å². The summed E-state index contributed by atoms with van der Waals surface area (Å²) in [5, 5.41) is 3.75. The Kier molecular flexibility index (Phi) is 4.17. The molecular formula is C19H23N. The fourth-order valence-corrected chi connectivity index (χ4v) is 3.14. The van der Waals surface area contributed by atoms with E-state index >= 15 is 0 Å². The minimum absolute atomic E-state index is 0.501. The van der Waals surface area contributed by atoms with Crippen LogP contribution in [0.5, 0.6) is 0 Å². The lowest BCUT2D eigenvalue weighted by molar-refractivity contribution is 0.473. The third-order valence-electron chi connectivity index (χ3n) is 4.27. The lowest BCUT2D eigenvalue weighted by Gasteiger charge is -2.19. The molecule has 1 aliphatic carbocycles. The summed E-state index contributed by atoms with van der Waals surface area (Å²) in [6.45, 7) is 3.33. The van der Waals surface area contributed by atoms with E-state index in [9.17, 15) is 0 Å². The van der Waals surface area contributed by atoms with E-state index in [1.54, 1.807) is 0 Å². The Morgan fingerprint density at radius 2 is 1.65 bits per heavy atom. The van der Waals surface area contributed by atoms with Crippen LogP contribution in [-0.4, -0.2) is 6.54 Å². The van der Waals surface area contributed by atoms with E-state index in [1.165, 1.54) is 24.0 Å². The first-order chi connectivity index (χ1) is 9.90. The Labute approximate surface area is 122 Å². The first kappa shape index (κ1) is 13.4. The van der Waals surface area contributed by atoms with Crippen LogP contribution in [0.2, 0.25) is 0 Å². The average Bonchev–Trinajstić information content (AvgIpc) is 3.30. The second-order valence-corrected chi connectivity index (χ2v) is 5.76. The van der Waals surface area contributed by atoms with Gasteiger partial charge in [-0.2, -0.15) is 0 Å². The zero-order valence-corrected chi connectivity index (χ0v) is 12.1. The summed E-state index contributed by atoms with van der Waals surface area (Å²) in [6, 6.07) is 22.4. The van der Waals surface area contributed by atoms with Gasteiger partial charge in [-0.05, 0) is 42.3 Å². The maximum Gasteiger partial charge on any atom is 0.0354 e. The Morgan fingerprint density at radius 3 is 2.30 bits per heavy atom. The molecule has 0 aromatic heterocycles. The second kappa shape index (κ2) is 6.23. The molecular weight excluding hydrogens is 242 g/mol. The summed E-state index contributed by atoms with van der Waals surface area (Å²) in [7, 11) is 0. The lowest BCUT2D eigenvalue weighted by Crippen LogP contribution is -2.24. The third-order valence-corrected chi connectivity index (χ3v) is 4.27. The maximum atomic E-state index is 3.75. The monoisotopic (exact) mass is 265 g/mol. The molecule has 0 heterocycles. The van der Waals surface area contributed by atoms with Crippen molar-refractivity contribution in [3.63, 3.8) is 0 Å². The number of hydrogen-bond donors (Lipinski definition) is 1. The molecule has 3 rings (SSSR count). The molecule has 2 aromatic carbocycles. The Morgan fingerprint density at radius 1 is 1.00 bits per heavy atom. The van der Waals surface area contributed by atoms with Crippen molar-refractivity contribution in [2.45, 2.75) is 31.7 Å². The Bertz CT molecular complexity index is 520. The van der Waals surface area contributed by atoms with E-state index in [1.807, 2.05) is 0 Å². The van der Waals surface area contributed by atoms with E-state index in [2.05, 4.69) is 72.9 Å². The van der Waals surface area contributed by atoms with Crippen molar-refractivity contribution in [2.75, 3.05) is 6.54 Å². The summed E-state index contributed by atoms with van der Waals surface area (Å²) >= 11 is 0. The predicted molar refractivity (Wildman–Crippen MR) is 84.8 cm³/mol. The van der Waals surface area contributed by atoms with Crippen LogP contribution in [0.25, 0.3) is 0 Å². The molecule has 1 saturated carbocycles. The third kappa shape index (κ3) is 2.94. The fraction of sp³-hybridized carbons (Fsp3) is 0.368. The molecule has 2 aromatic rings. The van der Waals surface area contributed by atoms with Crippen molar-refractivity contribution in [3.05, 3.63) is 71.8 Å². The van der Waals surface area contributed by atoms with Crippen LogP contribution >= 0.6 is 0 Å². The van der Waals surface area contributed by atoms with Gasteiger partial charge in [-0.15, -0.1) is 0 Å². The summed E-state index contributed by atoms with van der Waals surface area (Å²) in [6.07, 6.45) is 2.49. The molecule has 1 fully saturated rings. The molecule has 20 heavy (non-hydrogen) atoms. The lowest BCUT2D eigenvalue weighted by atomic mass is 9.98. The summed E-state index contributed by atoms with van der Waals surface area (Å²) < 4.78 is 0. The van der Waals surface area contributed by atoms with Gasteiger partial charge in [0.05, 0.1) is 0 Å². The first-order valence-electron chi connectivity index (χ1n) is 7.73. The van der Waals surface area contributed by atoms with Crippen molar-refractivity contribution in [1.82, 2.24) is 5.32 Å². The SMILES string of the molecule is CCCNC(c1ccccc1)C1CC1c1ccccc1. The molecule has 0 radical (unpaired) electrons. The van der Waals surface area contributed by atoms with Crippen LogP contribution in [0.4, 0.5) is 0 Å². The topological polar surface area (TPSA) is 12.0 Å². The minimum Gasteiger partial charge on any atom is -0.310 e. The van der Waals surface area contributed by atoms with Gasteiger partial charge in [-0.3, -0.25) is 0 Å². The standard InChI is InChI=1S/C19H23N/c1-2-13-20-19(16-11-7-4-8-12-16)18-14-17(18)15-9-5-3-6-10-15/h3-12,17-20H,2,13-14H2,1H3. The number of nitrogens with one attached hydrogen (secondary N) is 1. The maximum absolute atomic E-state index is 3.75. The van der Waals surface area contributed by atoms with Gasteiger partial charge in [0.1, 0.15) is 0 Å². The molecule has 104 valence electrons. The smallest absolute Gasteiger partial charge is 0.0354 e. The minimum atomic E-state index is 0.501. The van der Waals surface area contributed by atoms with Gasteiger partial charge in [-0.25, -0.2) is 0 Å². The first-order valence-corrected chi connectivity index (χ1v) is 7.73. The van der Waals surface area contributed by atoms with Crippen molar-refractivity contribution in [3.8, 4) is 0 Å². The van der Waals surface area contributed by atoms with Gasteiger partial charge >= 0.3 is 0 Å². The molecule has 0 bridgehead atoms. The zero-order chi connectivity index (χ0) is 13.8. The molecule has 0 spiro atoms. The molecule has 0 amide bonds. The zero-order valence-electron chi connectivity index (χ0n) is 12.1. The summed E-state index contributed by atoms with van der Waals surface area (Å²) in [4.78, 5) is 0. The molecule has 1 nitrogen and oxygen atoms in total. The number of benzene rings is 2. The normalized spacial score (nSPS) is 22.4. The van der Waals surface area contributed by atoms with Crippen molar-refractivity contribution in [2.24, 2.45) is 5.92 Å². The quantitative estimate of drug-likeness (QED) is 0.809. The largest absolute Gasteiger partial charge is 0.310 e. The Balaban J connectivity index is 1.75. The van der Waals surface area contributed by atoms with Gasteiger partial charge < -0.3 is 5.32 Å². The average molecular weight is 265 g/mol. The van der Waals surface area contributed by atoms with Gasteiger partial charge in [-0.1, -0.05) is 67.6 Å². The predicted octanol–water partition coefficient (Wildman–Crippen LogP) is 4.53. The van der Waals surface area contributed by atoms with Crippen molar-refractivity contribution < 1.29 is 0 Å². The molecule has 1 heteroatoms. The van der Waals surface area contributed by atoms with Gasteiger partial charge in [0.2, 0.25) is 0 Å². The van der Waals surface area contributed by atoms with Crippen LogP contribution < -0.4 is 5.32 Å². The van der Waals surface area contributed by atoms with Crippen molar-refractivity contribution in [1.29, 1.82) is 0 Å². The molecule has 3 atom stereocenters. The molecule has 0 saturated heterocycles. The number of hydrogen-bond acceptors (Lipinski definition) is 1. The highest BCUT2D eigenvalue weighted by atomic mass is 14.9. The second-order valence-electron chi connectivity index (χ2n) is 5.76. The molecule has 3 unspecified atom stereocenters. The van der Waals surface area contributed by atoms with Gasteiger partial charge in [0.15, 0.2) is 0 Å². The van der Waals surface area contributed by atoms with Crippen molar-refractivity contribution >= 4 is 0 Å². The fourth-order valence-electron chi connectivity index (χ4n) is 3.14. The summed E-state index contributed by atoms with van der Waals surface area (Å²) in [5.41, 5.74) is 2.93. The highest BCUT2D eigenvalue weighted by molar-refractivity contribution is 5.30. The van der Waals surface area contributed by atoms with E-state index in [0.717, 1.165) is 18.4 Å². The van der Waals surface area contributed by atoms with E-state index < -0.39 is 0 Å². The van der Waals surface area contributed by atoms with Gasteiger partial charge in [0, 0.05) is 6.04 Å². The summed E-state index contributed by atoms with van der Waals surface area (Å²) in [5.74, 6) is 1.47. The molecule has 0 aliphatic heterocycles. The van der Waals surface area contributed by atoms with Crippen LogP contribution in [-0.2, 0) is 0 Å². The highest BCUT2D eigenvalue weighted by Gasteiger charge is 2.43. The van der Waals surface area contributed by atoms with Crippen LogP contribution in [0.15, 0.2) is 60.7 Å². The Hall–Kier alpha value is -1.60. The van der Waals surface area contributed by atoms with E-state index in [4.69, 9.17) is 0 Å².